The highest BCUT2D eigenvalue weighted by molar-refractivity contribution is 7.07. The second kappa shape index (κ2) is 9.08. The molecule has 1 aliphatic rings. The number of β-amino-alcohol motifs (C(OH)–C–C–N with tert-alkyl or cyclic N) is 1. The van der Waals surface area contributed by atoms with Crippen molar-refractivity contribution in [3.8, 4) is 0 Å². The number of thiazole rings is 1. The van der Waals surface area contributed by atoms with Crippen LogP contribution >= 0.6 is 11.3 Å². The lowest BCUT2D eigenvalue weighted by molar-refractivity contribution is -0.123. The summed E-state index contributed by atoms with van der Waals surface area (Å²) in [5.74, 6) is 0.0351. The first-order valence-electron chi connectivity index (χ1n) is 8.81. The summed E-state index contributed by atoms with van der Waals surface area (Å²) in [5.41, 5.74) is 4.13. The number of aryl methyl sites for hydroxylation is 1. The maximum atomic E-state index is 12.1. The van der Waals surface area contributed by atoms with Gasteiger partial charge < -0.3 is 10.4 Å². The van der Waals surface area contributed by atoms with Gasteiger partial charge in [-0.15, -0.1) is 11.3 Å². The van der Waals surface area contributed by atoms with E-state index in [1.165, 1.54) is 5.56 Å². The van der Waals surface area contributed by atoms with Crippen molar-refractivity contribution in [2.45, 2.75) is 44.4 Å². The number of aliphatic hydroxyl groups is 1. The number of amides is 1. The zero-order valence-electron chi connectivity index (χ0n) is 14.3. The Morgan fingerprint density at radius 3 is 2.92 bits per heavy atom. The maximum absolute atomic E-state index is 12.1. The van der Waals surface area contributed by atoms with Gasteiger partial charge in [0, 0.05) is 31.4 Å². The molecule has 1 fully saturated rings. The molecule has 25 heavy (non-hydrogen) atoms. The van der Waals surface area contributed by atoms with Crippen molar-refractivity contribution >= 4 is 17.2 Å². The average Bonchev–Trinajstić information content (AvgIpc) is 3.11. The zero-order chi connectivity index (χ0) is 17.5. The molecule has 2 atom stereocenters. The summed E-state index contributed by atoms with van der Waals surface area (Å²) in [7, 11) is 0. The smallest absolute Gasteiger partial charge is 0.220 e. The first kappa shape index (κ1) is 18.0. The van der Waals surface area contributed by atoms with Gasteiger partial charge in [0.05, 0.1) is 23.4 Å². The van der Waals surface area contributed by atoms with E-state index in [4.69, 9.17) is 0 Å². The first-order valence-corrected chi connectivity index (χ1v) is 9.76. The predicted octanol–water partition coefficient (Wildman–Crippen LogP) is 2.22. The van der Waals surface area contributed by atoms with Crippen molar-refractivity contribution < 1.29 is 9.90 Å². The topological polar surface area (TPSA) is 65.5 Å². The molecule has 6 heteroatoms. The van der Waals surface area contributed by atoms with Crippen LogP contribution in [0.3, 0.4) is 0 Å². The average molecular weight is 359 g/mol. The summed E-state index contributed by atoms with van der Waals surface area (Å²) in [5, 5.41) is 15.4. The van der Waals surface area contributed by atoms with E-state index in [-0.39, 0.29) is 11.9 Å². The minimum absolute atomic E-state index is 0.0351. The molecule has 0 unspecified atom stereocenters. The molecule has 0 bridgehead atoms. The van der Waals surface area contributed by atoms with Crippen LogP contribution < -0.4 is 5.32 Å². The molecule has 5 nitrogen and oxygen atoms in total. The second-order valence-electron chi connectivity index (χ2n) is 6.58. The summed E-state index contributed by atoms with van der Waals surface area (Å²) in [4.78, 5) is 18.6. The number of likely N-dealkylation sites (tertiary alicyclic amines) is 1. The van der Waals surface area contributed by atoms with E-state index >= 15 is 0 Å². The van der Waals surface area contributed by atoms with E-state index in [9.17, 15) is 9.90 Å². The fourth-order valence-electron chi connectivity index (χ4n) is 3.23. The van der Waals surface area contributed by atoms with Crippen molar-refractivity contribution in [3.63, 3.8) is 0 Å². The number of aromatic nitrogens is 1. The summed E-state index contributed by atoms with van der Waals surface area (Å²) in [6, 6.07) is 10.1. The van der Waals surface area contributed by atoms with Crippen molar-refractivity contribution in [3.05, 3.63) is 52.5 Å². The standard InChI is InChI=1S/C19H25N3O2S/c23-18-12-22(11-16-13-25-14-20-16)10-9-17(18)21-19(24)8-4-7-15-5-2-1-3-6-15/h1-3,5-6,13-14,17-18,23H,4,7-12H2,(H,21,24)/t17-,18-/m1/s1. The predicted molar refractivity (Wildman–Crippen MR) is 99.3 cm³/mol. The molecule has 3 rings (SSSR count). The molecule has 0 aliphatic carbocycles. The Hall–Kier alpha value is -1.76. The van der Waals surface area contributed by atoms with Crippen LogP contribution in [-0.2, 0) is 17.8 Å². The van der Waals surface area contributed by atoms with E-state index in [0.717, 1.165) is 38.0 Å². The highest BCUT2D eigenvalue weighted by Gasteiger charge is 2.28. The monoisotopic (exact) mass is 359 g/mol. The lowest BCUT2D eigenvalue weighted by Gasteiger charge is -2.36. The van der Waals surface area contributed by atoms with Crippen LogP contribution in [0.4, 0.5) is 0 Å². The van der Waals surface area contributed by atoms with Gasteiger partial charge >= 0.3 is 0 Å². The largest absolute Gasteiger partial charge is 0.390 e. The van der Waals surface area contributed by atoms with Crippen molar-refractivity contribution in [1.82, 2.24) is 15.2 Å². The molecule has 0 saturated carbocycles. The Bertz CT molecular complexity index is 648. The van der Waals surface area contributed by atoms with E-state index in [1.54, 1.807) is 11.3 Å². The SMILES string of the molecule is O=C(CCCc1ccccc1)N[C@@H]1CCN(Cc2cscn2)C[C@H]1O. The molecule has 1 saturated heterocycles. The van der Waals surface area contributed by atoms with Crippen LogP contribution in [-0.4, -0.2) is 46.1 Å². The van der Waals surface area contributed by atoms with Gasteiger partial charge in [-0.25, -0.2) is 4.98 Å². The lowest BCUT2D eigenvalue weighted by atomic mass is 10.0. The van der Waals surface area contributed by atoms with Gasteiger partial charge in [-0.2, -0.15) is 0 Å². The molecule has 0 radical (unpaired) electrons. The molecule has 1 aromatic carbocycles. The molecular formula is C19H25N3O2S. The molecule has 1 amide bonds. The van der Waals surface area contributed by atoms with Crippen LogP contribution in [0, 0.1) is 0 Å². The third-order valence-corrected chi connectivity index (χ3v) is 5.23. The third kappa shape index (κ3) is 5.63. The van der Waals surface area contributed by atoms with Gasteiger partial charge in [-0.3, -0.25) is 9.69 Å². The Kier molecular flexibility index (Phi) is 6.55. The van der Waals surface area contributed by atoms with Crippen LogP contribution in [0.5, 0.6) is 0 Å². The minimum atomic E-state index is -0.523. The molecule has 2 aromatic rings. The number of carbonyl (C=O) groups excluding carboxylic acids is 1. The number of aliphatic hydroxyl groups excluding tert-OH is 1. The van der Waals surface area contributed by atoms with Gasteiger partial charge in [0.1, 0.15) is 0 Å². The van der Waals surface area contributed by atoms with E-state index in [0.29, 0.717) is 13.0 Å². The van der Waals surface area contributed by atoms with Crippen LogP contribution in [0.25, 0.3) is 0 Å². The highest BCUT2D eigenvalue weighted by atomic mass is 32.1. The Balaban J connectivity index is 1.37. The summed E-state index contributed by atoms with van der Waals surface area (Å²) in [6.45, 7) is 2.20. The number of hydrogen-bond acceptors (Lipinski definition) is 5. The summed E-state index contributed by atoms with van der Waals surface area (Å²) in [6.07, 6.45) is 2.49. The number of hydrogen-bond donors (Lipinski definition) is 2. The van der Waals surface area contributed by atoms with Crippen LogP contribution in [0.15, 0.2) is 41.2 Å². The van der Waals surface area contributed by atoms with Gasteiger partial charge in [0.25, 0.3) is 0 Å². The zero-order valence-corrected chi connectivity index (χ0v) is 15.1. The number of nitrogens with zero attached hydrogens (tertiary/aromatic N) is 2. The van der Waals surface area contributed by atoms with E-state index in [1.807, 2.05) is 29.1 Å². The van der Waals surface area contributed by atoms with E-state index < -0.39 is 6.10 Å². The quantitative estimate of drug-likeness (QED) is 0.796. The van der Waals surface area contributed by atoms with Gasteiger partial charge in [-0.1, -0.05) is 30.3 Å². The van der Waals surface area contributed by atoms with Crippen molar-refractivity contribution in [2.75, 3.05) is 13.1 Å². The Morgan fingerprint density at radius 2 is 2.20 bits per heavy atom. The molecule has 0 spiro atoms. The minimum Gasteiger partial charge on any atom is -0.390 e. The molecule has 1 aromatic heterocycles. The molecule has 1 aliphatic heterocycles. The van der Waals surface area contributed by atoms with Gasteiger partial charge in [0.15, 0.2) is 0 Å². The first-order chi connectivity index (χ1) is 12.2. The number of carbonyl (C=O) groups is 1. The number of rotatable bonds is 7. The number of nitrogens with one attached hydrogen (secondary N) is 1. The fourth-order valence-corrected chi connectivity index (χ4v) is 3.78. The third-order valence-electron chi connectivity index (χ3n) is 4.59. The van der Waals surface area contributed by atoms with Gasteiger partial charge in [0.2, 0.25) is 5.91 Å². The Labute approximate surface area is 152 Å². The van der Waals surface area contributed by atoms with Crippen LogP contribution in [0.2, 0.25) is 0 Å². The van der Waals surface area contributed by atoms with Crippen molar-refractivity contribution in [1.29, 1.82) is 0 Å². The van der Waals surface area contributed by atoms with Crippen LogP contribution in [0.1, 0.15) is 30.5 Å². The molecular weight excluding hydrogens is 334 g/mol. The molecule has 134 valence electrons. The van der Waals surface area contributed by atoms with Gasteiger partial charge in [-0.05, 0) is 24.8 Å². The summed E-state index contributed by atoms with van der Waals surface area (Å²) >= 11 is 1.59. The highest BCUT2D eigenvalue weighted by Crippen LogP contribution is 2.15. The number of piperidine rings is 1. The van der Waals surface area contributed by atoms with E-state index in [2.05, 4.69) is 27.3 Å². The number of benzene rings is 1. The second-order valence-corrected chi connectivity index (χ2v) is 7.30. The Morgan fingerprint density at radius 1 is 1.36 bits per heavy atom. The maximum Gasteiger partial charge on any atom is 0.220 e. The normalized spacial score (nSPS) is 21.2. The molecule has 2 heterocycles. The van der Waals surface area contributed by atoms with Crippen molar-refractivity contribution in [2.24, 2.45) is 0 Å². The molecule has 2 N–H and O–H groups in total. The lowest BCUT2D eigenvalue weighted by Crippen LogP contribution is -2.53. The fraction of sp³-hybridized carbons (Fsp3) is 0.474. The summed E-state index contributed by atoms with van der Waals surface area (Å²) < 4.78 is 0.